The van der Waals surface area contributed by atoms with Gasteiger partial charge in [-0.1, -0.05) is 17.8 Å². The normalized spacial score (nSPS) is 18.1. The van der Waals surface area contributed by atoms with Crippen molar-refractivity contribution in [3.63, 3.8) is 0 Å². The molecule has 1 aromatic rings. The highest BCUT2D eigenvalue weighted by molar-refractivity contribution is 8.00. The van der Waals surface area contributed by atoms with Gasteiger partial charge in [0.2, 0.25) is 0 Å². The number of benzene rings is 1. The van der Waals surface area contributed by atoms with Crippen LogP contribution in [0.1, 0.15) is 19.4 Å². The number of fused-ring (bicyclic) bond motifs is 1. The molecule has 0 radical (unpaired) electrons. The molecule has 2 rings (SSSR count). The van der Waals surface area contributed by atoms with E-state index in [0.717, 1.165) is 11.3 Å². The van der Waals surface area contributed by atoms with E-state index in [1.54, 1.807) is 11.8 Å². The third-order valence-corrected chi connectivity index (χ3v) is 3.09. The van der Waals surface area contributed by atoms with E-state index in [1.807, 2.05) is 6.07 Å². The Balaban J connectivity index is 2.36. The Morgan fingerprint density at radius 2 is 2.23 bits per heavy atom. The van der Waals surface area contributed by atoms with Crippen LogP contribution in [0.25, 0.3) is 0 Å². The van der Waals surface area contributed by atoms with Gasteiger partial charge in [0.15, 0.2) is 4.93 Å². The molecule has 0 unspecified atom stereocenters. The second-order valence-corrected chi connectivity index (χ2v) is 5.22. The minimum absolute atomic E-state index is 0.129. The van der Waals surface area contributed by atoms with Crippen LogP contribution in [0.5, 0.6) is 5.75 Å². The molecule has 0 amide bonds. The van der Waals surface area contributed by atoms with Crippen LogP contribution < -0.4 is 10.5 Å². The van der Waals surface area contributed by atoms with Crippen molar-refractivity contribution >= 4 is 11.8 Å². The molecule has 0 saturated heterocycles. The molecular formula is C10H13NOS. The van der Waals surface area contributed by atoms with Crippen LogP contribution in [-0.4, -0.2) is 4.93 Å². The lowest BCUT2D eigenvalue weighted by atomic mass is 10.2. The summed E-state index contributed by atoms with van der Waals surface area (Å²) in [6, 6.07) is 6.16. The van der Waals surface area contributed by atoms with Crippen LogP contribution in [0.4, 0.5) is 0 Å². The Kier molecular flexibility index (Phi) is 2.00. The molecule has 1 aromatic carbocycles. The van der Waals surface area contributed by atoms with E-state index in [2.05, 4.69) is 26.0 Å². The molecule has 0 fully saturated rings. The molecule has 0 atom stereocenters. The van der Waals surface area contributed by atoms with Gasteiger partial charge >= 0.3 is 0 Å². The van der Waals surface area contributed by atoms with Gasteiger partial charge < -0.3 is 10.5 Å². The topological polar surface area (TPSA) is 35.2 Å². The van der Waals surface area contributed by atoms with Crippen molar-refractivity contribution < 1.29 is 4.74 Å². The van der Waals surface area contributed by atoms with Crippen molar-refractivity contribution in [2.45, 2.75) is 30.2 Å². The highest BCUT2D eigenvalue weighted by Gasteiger charge is 2.30. The fourth-order valence-electron chi connectivity index (χ4n) is 1.39. The summed E-state index contributed by atoms with van der Waals surface area (Å²) in [4.78, 5) is 1.08. The first kappa shape index (κ1) is 8.91. The molecule has 0 bridgehead atoms. The quantitative estimate of drug-likeness (QED) is 0.747. The van der Waals surface area contributed by atoms with Crippen LogP contribution in [0, 0.1) is 0 Å². The molecule has 13 heavy (non-hydrogen) atoms. The maximum atomic E-state index is 5.74. The lowest BCUT2D eigenvalue weighted by Crippen LogP contribution is -2.18. The third-order valence-electron chi connectivity index (χ3n) is 1.96. The van der Waals surface area contributed by atoms with Crippen LogP contribution in [0.3, 0.4) is 0 Å². The Labute approximate surface area is 82.5 Å². The predicted octanol–water partition coefficient (Wildman–Crippen LogP) is 2.37. The van der Waals surface area contributed by atoms with E-state index in [4.69, 9.17) is 10.5 Å². The van der Waals surface area contributed by atoms with E-state index >= 15 is 0 Å². The van der Waals surface area contributed by atoms with Gasteiger partial charge in [0.05, 0.1) is 4.90 Å². The third kappa shape index (κ3) is 1.67. The van der Waals surface area contributed by atoms with Gasteiger partial charge in [-0.2, -0.15) is 0 Å². The highest BCUT2D eigenvalue weighted by Crippen LogP contribution is 2.47. The van der Waals surface area contributed by atoms with Gasteiger partial charge in [0, 0.05) is 6.54 Å². The minimum atomic E-state index is -0.129. The monoisotopic (exact) mass is 195 g/mol. The van der Waals surface area contributed by atoms with Gasteiger partial charge in [0.1, 0.15) is 5.75 Å². The van der Waals surface area contributed by atoms with Crippen molar-refractivity contribution in [1.29, 1.82) is 0 Å². The molecule has 0 saturated carbocycles. The summed E-state index contributed by atoms with van der Waals surface area (Å²) in [5, 5.41) is 0. The number of hydrogen-bond donors (Lipinski definition) is 1. The fourth-order valence-corrected chi connectivity index (χ4v) is 2.39. The van der Waals surface area contributed by atoms with Gasteiger partial charge in [-0.05, 0) is 31.5 Å². The van der Waals surface area contributed by atoms with Crippen molar-refractivity contribution in [2.75, 3.05) is 0 Å². The zero-order valence-electron chi connectivity index (χ0n) is 7.83. The SMILES string of the molecule is CC1(C)Oc2cc(CN)ccc2S1. The second kappa shape index (κ2) is 2.93. The number of hydrogen-bond acceptors (Lipinski definition) is 3. The summed E-state index contributed by atoms with van der Waals surface area (Å²) >= 11 is 1.75. The number of ether oxygens (including phenoxy) is 1. The summed E-state index contributed by atoms with van der Waals surface area (Å²) in [6.07, 6.45) is 0. The average Bonchev–Trinajstić information content (AvgIpc) is 2.36. The Morgan fingerprint density at radius 1 is 1.46 bits per heavy atom. The summed E-state index contributed by atoms with van der Waals surface area (Å²) < 4.78 is 5.74. The minimum Gasteiger partial charge on any atom is -0.476 e. The zero-order chi connectivity index (χ0) is 9.47. The highest BCUT2D eigenvalue weighted by atomic mass is 32.2. The summed E-state index contributed by atoms with van der Waals surface area (Å²) in [7, 11) is 0. The summed E-state index contributed by atoms with van der Waals surface area (Å²) in [5.74, 6) is 0.970. The first-order chi connectivity index (χ1) is 6.11. The van der Waals surface area contributed by atoms with Crippen LogP contribution in [-0.2, 0) is 6.54 Å². The van der Waals surface area contributed by atoms with Crippen molar-refractivity contribution in [1.82, 2.24) is 0 Å². The van der Waals surface area contributed by atoms with Crippen molar-refractivity contribution in [3.8, 4) is 5.75 Å². The molecular weight excluding hydrogens is 182 g/mol. The molecule has 2 nitrogen and oxygen atoms in total. The maximum absolute atomic E-state index is 5.74. The molecule has 3 heteroatoms. The van der Waals surface area contributed by atoms with Gasteiger partial charge in [-0.15, -0.1) is 0 Å². The number of thioether (sulfide) groups is 1. The van der Waals surface area contributed by atoms with Crippen LogP contribution >= 0.6 is 11.8 Å². The summed E-state index contributed by atoms with van der Waals surface area (Å²) in [5.41, 5.74) is 6.67. The van der Waals surface area contributed by atoms with E-state index in [9.17, 15) is 0 Å². The largest absolute Gasteiger partial charge is 0.476 e. The molecule has 0 spiro atoms. The molecule has 1 heterocycles. The van der Waals surface area contributed by atoms with Gasteiger partial charge in [0.25, 0.3) is 0 Å². The first-order valence-corrected chi connectivity index (χ1v) is 5.13. The molecule has 1 aliphatic heterocycles. The van der Waals surface area contributed by atoms with E-state index in [-0.39, 0.29) is 4.93 Å². The van der Waals surface area contributed by atoms with E-state index < -0.39 is 0 Å². The maximum Gasteiger partial charge on any atom is 0.153 e. The smallest absolute Gasteiger partial charge is 0.153 e. The van der Waals surface area contributed by atoms with E-state index in [0.29, 0.717) is 6.54 Å². The Morgan fingerprint density at radius 3 is 2.92 bits per heavy atom. The molecule has 0 aliphatic carbocycles. The lowest BCUT2D eigenvalue weighted by molar-refractivity contribution is 0.215. The van der Waals surface area contributed by atoms with Crippen molar-refractivity contribution in [2.24, 2.45) is 5.73 Å². The van der Waals surface area contributed by atoms with E-state index in [1.165, 1.54) is 4.90 Å². The van der Waals surface area contributed by atoms with Crippen LogP contribution in [0.2, 0.25) is 0 Å². The van der Waals surface area contributed by atoms with Crippen LogP contribution in [0.15, 0.2) is 23.1 Å². The zero-order valence-corrected chi connectivity index (χ0v) is 8.65. The van der Waals surface area contributed by atoms with Crippen molar-refractivity contribution in [3.05, 3.63) is 23.8 Å². The Hall–Kier alpha value is -0.670. The Bertz CT molecular complexity index is 336. The number of rotatable bonds is 1. The molecule has 0 aromatic heterocycles. The summed E-state index contributed by atoms with van der Waals surface area (Å²) in [6.45, 7) is 4.71. The van der Waals surface area contributed by atoms with Gasteiger partial charge in [-0.3, -0.25) is 0 Å². The lowest BCUT2D eigenvalue weighted by Gasteiger charge is -2.15. The predicted molar refractivity (Wildman–Crippen MR) is 54.9 cm³/mol. The standard InChI is InChI=1S/C10H13NOS/c1-10(2)12-8-5-7(6-11)3-4-9(8)13-10/h3-5H,6,11H2,1-2H3. The molecule has 70 valence electrons. The first-order valence-electron chi connectivity index (χ1n) is 4.32. The molecule has 2 N–H and O–H groups in total. The molecule has 1 aliphatic rings. The fraction of sp³-hybridized carbons (Fsp3) is 0.400. The average molecular weight is 195 g/mol. The number of nitrogens with two attached hydrogens (primary N) is 1. The van der Waals surface area contributed by atoms with Gasteiger partial charge in [-0.25, -0.2) is 0 Å². The second-order valence-electron chi connectivity index (χ2n) is 3.59.